The Morgan fingerprint density at radius 3 is 2.58 bits per heavy atom. The summed E-state index contributed by atoms with van der Waals surface area (Å²) in [4.78, 5) is 32.6. The number of ether oxygens (including phenoxy) is 1. The molecule has 1 heterocycles. The van der Waals surface area contributed by atoms with E-state index in [0.717, 1.165) is 22.6 Å². The van der Waals surface area contributed by atoms with Crippen molar-refractivity contribution >= 4 is 28.6 Å². The van der Waals surface area contributed by atoms with Crippen molar-refractivity contribution in [1.29, 1.82) is 0 Å². The van der Waals surface area contributed by atoms with E-state index in [1.165, 1.54) is 11.8 Å². The molecule has 0 aliphatic heterocycles. The molecule has 0 bridgehead atoms. The average Bonchev–Trinajstić information content (AvgIpc) is 2.83. The van der Waals surface area contributed by atoms with Crippen LogP contribution in [0.15, 0.2) is 82.7 Å². The molecule has 0 aliphatic rings. The van der Waals surface area contributed by atoms with Crippen LogP contribution in [0.1, 0.15) is 11.1 Å². The zero-order chi connectivity index (χ0) is 23.4. The number of fused-ring (bicyclic) bond motifs is 1. The number of amides is 1. The van der Waals surface area contributed by atoms with Gasteiger partial charge in [-0.3, -0.25) is 14.2 Å². The lowest BCUT2D eigenvalue weighted by Gasteiger charge is -2.18. The molecule has 0 spiro atoms. The van der Waals surface area contributed by atoms with E-state index in [9.17, 15) is 9.59 Å². The van der Waals surface area contributed by atoms with Crippen LogP contribution in [0.5, 0.6) is 5.75 Å². The van der Waals surface area contributed by atoms with Gasteiger partial charge in [-0.15, -0.1) is 0 Å². The van der Waals surface area contributed by atoms with E-state index in [1.54, 1.807) is 29.7 Å². The van der Waals surface area contributed by atoms with E-state index in [2.05, 4.69) is 0 Å². The molecule has 4 rings (SSSR count). The molecular weight excluding hydrogens is 434 g/mol. The predicted molar refractivity (Wildman–Crippen MR) is 132 cm³/mol. The number of aromatic nitrogens is 2. The number of para-hydroxylation sites is 1. The number of hydrogen-bond acceptors (Lipinski definition) is 5. The number of thioether (sulfide) groups is 1. The Balaban J connectivity index is 1.59. The second-order valence-corrected chi connectivity index (χ2v) is 8.72. The van der Waals surface area contributed by atoms with Crippen LogP contribution in [-0.2, 0) is 11.3 Å². The van der Waals surface area contributed by atoms with Gasteiger partial charge in [0.25, 0.3) is 5.56 Å². The molecule has 0 fully saturated rings. The summed E-state index contributed by atoms with van der Waals surface area (Å²) in [5.74, 6) is 0.864. The normalized spacial score (nSPS) is 10.9. The first kappa shape index (κ1) is 22.6. The lowest BCUT2D eigenvalue weighted by molar-refractivity contribution is -0.127. The van der Waals surface area contributed by atoms with Crippen molar-refractivity contribution in [3.8, 4) is 11.4 Å². The Morgan fingerprint density at radius 1 is 1.06 bits per heavy atom. The third-order valence-corrected chi connectivity index (χ3v) is 6.26. The molecule has 0 aliphatic carbocycles. The highest BCUT2D eigenvalue weighted by atomic mass is 32.2. The van der Waals surface area contributed by atoms with Crippen molar-refractivity contribution in [1.82, 2.24) is 14.5 Å². The maximum absolute atomic E-state index is 13.3. The van der Waals surface area contributed by atoms with Gasteiger partial charge in [0, 0.05) is 13.6 Å². The highest BCUT2D eigenvalue weighted by Gasteiger charge is 2.16. The molecule has 4 aromatic rings. The summed E-state index contributed by atoms with van der Waals surface area (Å²) in [5, 5.41) is 1.04. The zero-order valence-corrected chi connectivity index (χ0v) is 19.6. The van der Waals surface area contributed by atoms with Gasteiger partial charge in [0.15, 0.2) is 5.16 Å². The second kappa shape index (κ2) is 9.92. The Morgan fingerprint density at radius 2 is 1.82 bits per heavy atom. The summed E-state index contributed by atoms with van der Waals surface area (Å²) in [6.45, 7) is 2.46. The van der Waals surface area contributed by atoms with Gasteiger partial charge in [-0.25, -0.2) is 4.98 Å². The first-order chi connectivity index (χ1) is 16.0. The Hall–Kier alpha value is -3.58. The lowest BCUT2D eigenvalue weighted by atomic mass is 10.2. The molecule has 0 atom stereocenters. The molecule has 6 nitrogen and oxygen atoms in total. The van der Waals surface area contributed by atoms with E-state index in [-0.39, 0.29) is 17.2 Å². The summed E-state index contributed by atoms with van der Waals surface area (Å²) < 4.78 is 6.85. The van der Waals surface area contributed by atoms with Gasteiger partial charge in [-0.05, 0) is 48.9 Å². The topological polar surface area (TPSA) is 64.4 Å². The highest BCUT2D eigenvalue weighted by molar-refractivity contribution is 7.99. The molecule has 0 saturated carbocycles. The van der Waals surface area contributed by atoms with Crippen molar-refractivity contribution in [2.45, 2.75) is 18.6 Å². The number of carbonyl (C=O) groups is 1. The Labute approximate surface area is 196 Å². The minimum atomic E-state index is -0.149. The zero-order valence-electron chi connectivity index (χ0n) is 18.8. The molecule has 1 aromatic heterocycles. The maximum Gasteiger partial charge on any atom is 0.266 e. The number of nitrogens with zero attached hydrogens (tertiary/aromatic N) is 3. The van der Waals surface area contributed by atoms with Crippen molar-refractivity contribution in [3.05, 3.63) is 94.3 Å². The first-order valence-corrected chi connectivity index (χ1v) is 11.5. The average molecular weight is 460 g/mol. The SMILES string of the molecule is COc1cccc(CN(C)C(=O)CSc2nc3ccccc3c(=O)n2-c2ccc(C)cc2)c1. The fourth-order valence-electron chi connectivity index (χ4n) is 3.50. The van der Waals surface area contributed by atoms with Gasteiger partial charge in [-0.1, -0.05) is 53.7 Å². The molecule has 0 saturated heterocycles. The summed E-state index contributed by atoms with van der Waals surface area (Å²) in [7, 11) is 3.39. The number of carbonyl (C=O) groups excluding carboxylic acids is 1. The quantitative estimate of drug-likeness (QED) is 0.302. The second-order valence-electron chi connectivity index (χ2n) is 7.78. The van der Waals surface area contributed by atoms with Crippen LogP contribution in [0.2, 0.25) is 0 Å². The fraction of sp³-hybridized carbons (Fsp3) is 0.192. The number of rotatable bonds is 7. The largest absolute Gasteiger partial charge is 0.497 e. The lowest BCUT2D eigenvalue weighted by Crippen LogP contribution is -2.28. The van der Waals surface area contributed by atoms with Crippen LogP contribution in [0, 0.1) is 6.92 Å². The van der Waals surface area contributed by atoms with E-state index >= 15 is 0 Å². The molecular formula is C26H25N3O3S. The Bertz CT molecular complexity index is 1350. The molecule has 0 radical (unpaired) electrons. The summed E-state index contributed by atoms with van der Waals surface area (Å²) in [6, 6.07) is 22.6. The third-order valence-electron chi connectivity index (χ3n) is 5.34. The van der Waals surface area contributed by atoms with Crippen LogP contribution in [0.4, 0.5) is 0 Å². The van der Waals surface area contributed by atoms with Gasteiger partial charge in [-0.2, -0.15) is 0 Å². The van der Waals surface area contributed by atoms with Crippen LogP contribution in [-0.4, -0.2) is 40.3 Å². The van der Waals surface area contributed by atoms with Gasteiger partial charge >= 0.3 is 0 Å². The van der Waals surface area contributed by atoms with Crippen LogP contribution < -0.4 is 10.3 Å². The standard InChI is InChI=1S/C26H25N3O3S/c1-18-11-13-20(14-12-18)29-25(31)22-9-4-5-10-23(22)27-26(29)33-17-24(30)28(2)16-19-7-6-8-21(15-19)32-3/h4-15H,16-17H2,1-3H3. The molecule has 1 amide bonds. The maximum atomic E-state index is 13.3. The van der Waals surface area contributed by atoms with Gasteiger partial charge in [0.2, 0.25) is 5.91 Å². The smallest absolute Gasteiger partial charge is 0.266 e. The van der Waals surface area contributed by atoms with Crippen molar-refractivity contribution in [3.63, 3.8) is 0 Å². The summed E-state index contributed by atoms with van der Waals surface area (Å²) in [6.07, 6.45) is 0. The van der Waals surface area contributed by atoms with Crippen molar-refractivity contribution in [2.75, 3.05) is 19.9 Å². The van der Waals surface area contributed by atoms with Gasteiger partial charge in [0.1, 0.15) is 5.75 Å². The van der Waals surface area contributed by atoms with E-state index in [4.69, 9.17) is 9.72 Å². The number of hydrogen-bond donors (Lipinski definition) is 0. The fourth-order valence-corrected chi connectivity index (χ4v) is 4.45. The summed E-state index contributed by atoms with van der Waals surface area (Å²) >= 11 is 1.27. The highest BCUT2D eigenvalue weighted by Crippen LogP contribution is 2.22. The van der Waals surface area contributed by atoms with Crippen molar-refractivity contribution < 1.29 is 9.53 Å². The van der Waals surface area contributed by atoms with E-state index in [0.29, 0.717) is 22.6 Å². The monoisotopic (exact) mass is 459 g/mol. The van der Waals surface area contributed by atoms with Crippen LogP contribution in [0.3, 0.4) is 0 Å². The van der Waals surface area contributed by atoms with Crippen molar-refractivity contribution in [2.24, 2.45) is 0 Å². The van der Waals surface area contributed by atoms with E-state index < -0.39 is 0 Å². The molecule has 33 heavy (non-hydrogen) atoms. The first-order valence-electron chi connectivity index (χ1n) is 10.5. The van der Waals surface area contributed by atoms with E-state index in [1.807, 2.05) is 73.7 Å². The molecule has 0 N–H and O–H groups in total. The molecule has 3 aromatic carbocycles. The molecule has 168 valence electrons. The number of benzene rings is 3. The molecule has 0 unspecified atom stereocenters. The number of methoxy groups -OCH3 is 1. The predicted octanol–water partition coefficient (Wildman–Crippen LogP) is 4.45. The minimum absolute atomic E-state index is 0.0549. The third kappa shape index (κ3) is 5.09. The minimum Gasteiger partial charge on any atom is -0.497 e. The Kier molecular flexibility index (Phi) is 6.79. The van der Waals surface area contributed by atoms with Crippen LogP contribution >= 0.6 is 11.8 Å². The summed E-state index contributed by atoms with van der Waals surface area (Å²) in [5.41, 5.74) is 3.28. The van der Waals surface area contributed by atoms with Gasteiger partial charge in [0.05, 0.1) is 29.5 Å². The van der Waals surface area contributed by atoms with Gasteiger partial charge < -0.3 is 9.64 Å². The number of aryl methyl sites for hydroxylation is 1. The van der Waals surface area contributed by atoms with Crippen LogP contribution in [0.25, 0.3) is 16.6 Å². The molecule has 7 heteroatoms.